The summed E-state index contributed by atoms with van der Waals surface area (Å²) in [7, 11) is 1.50. The number of hydrogen-bond donors (Lipinski definition) is 3. The van der Waals surface area contributed by atoms with Crippen LogP contribution in [0.4, 0.5) is 0 Å². The fourth-order valence-corrected chi connectivity index (χ4v) is 1.53. The number of phenols is 1. The highest BCUT2D eigenvalue weighted by atomic mass is 16.5. The molecule has 0 fully saturated rings. The lowest BCUT2D eigenvalue weighted by Gasteiger charge is -2.03. The number of aromatic nitrogens is 2. The number of nitrogens with one attached hydrogen (secondary N) is 1. The van der Waals surface area contributed by atoms with Crippen LogP contribution in [0.15, 0.2) is 24.3 Å². The van der Waals surface area contributed by atoms with Gasteiger partial charge in [0.1, 0.15) is 0 Å². The smallest absolute Gasteiger partial charge is 0.161 e. The van der Waals surface area contributed by atoms with Crippen molar-refractivity contribution in [2.75, 3.05) is 7.11 Å². The molecule has 0 radical (unpaired) electrons. The van der Waals surface area contributed by atoms with Gasteiger partial charge in [0.05, 0.1) is 25.1 Å². The van der Waals surface area contributed by atoms with Crippen LogP contribution in [-0.4, -0.2) is 27.5 Å². The van der Waals surface area contributed by atoms with E-state index in [0.29, 0.717) is 11.4 Å². The van der Waals surface area contributed by atoms with Crippen LogP contribution in [0.5, 0.6) is 11.5 Å². The van der Waals surface area contributed by atoms with Gasteiger partial charge in [-0.1, -0.05) is 12.1 Å². The van der Waals surface area contributed by atoms with E-state index >= 15 is 0 Å². The average Bonchev–Trinajstić information content (AvgIpc) is 2.86. The van der Waals surface area contributed by atoms with E-state index in [1.807, 2.05) is 12.2 Å². The van der Waals surface area contributed by atoms with E-state index in [-0.39, 0.29) is 12.4 Å². The topological polar surface area (TPSA) is 78.4 Å². The third kappa shape index (κ3) is 2.70. The monoisotopic (exact) mass is 246 g/mol. The van der Waals surface area contributed by atoms with Crippen molar-refractivity contribution in [2.45, 2.75) is 6.61 Å². The Balaban J connectivity index is 2.17. The summed E-state index contributed by atoms with van der Waals surface area (Å²) >= 11 is 0. The maximum absolute atomic E-state index is 9.46. The molecule has 2 rings (SSSR count). The molecule has 0 atom stereocenters. The van der Waals surface area contributed by atoms with Gasteiger partial charge in [0, 0.05) is 0 Å². The van der Waals surface area contributed by atoms with Crippen LogP contribution >= 0.6 is 0 Å². The fourth-order valence-electron chi connectivity index (χ4n) is 1.53. The van der Waals surface area contributed by atoms with E-state index in [2.05, 4.69) is 10.2 Å². The van der Waals surface area contributed by atoms with E-state index in [1.54, 1.807) is 24.3 Å². The second kappa shape index (κ2) is 5.37. The number of methoxy groups -OCH3 is 1. The molecule has 0 unspecified atom stereocenters. The van der Waals surface area contributed by atoms with E-state index in [1.165, 1.54) is 7.11 Å². The third-order valence-corrected chi connectivity index (χ3v) is 2.47. The Morgan fingerprint density at radius 3 is 2.83 bits per heavy atom. The lowest BCUT2D eigenvalue weighted by atomic mass is 10.2. The van der Waals surface area contributed by atoms with Crippen LogP contribution in [0.1, 0.15) is 17.0 Å². The van der Waals surface area contributed by atoms with Crippen molar-refractivity contribution in [3.8, 4) is 11.5 Å². The van der Waals surface area contributed by atoms with Crippen molar-refractivity contribution in [1.29, 1.82) is 0 Å². The van der Waals surface area contributed by atoms with E-state index in [9.17, 15) is 5.11 Å². The first-order valence-corrected chi connectivity index (χ1v) is 5.43. The molecule has 0 spiro atoms. The number of phenolic OH excluding ortho intramolecular Hbond substituents is 1. The zero-order valence-corrected chi connectivity index (χ0v) is 9.92. The van der Waals surface area contributed by atoms with Gasteiger partial charge >= 0.3 is 0 Å². The van der Waals surface area contributed by atoms with Gasteiger partial charge in [0.2, 0.25) is 0 Å². The summed E-state index contributed by atoms with van der Waals surface area (Å²) in [5.41, 5.74) is 2.28. The third-order valence-electron chi connectivity index (χ3n) is 2.47. The van der Waals surface area contributed by atoms with Gasteiger partial charge in [-0.2, -0.15) is 5.10 Å². The maximum atomic E-state index is 9.46. The van der Waals surface area contributed by atoms with Gasteiger partial charge in [0.15, 0.2) is 11.5 Å². The molecule has 0 saturated heterocycles. The molecule has 2 aromatic rings. The Labute approximate surface area is 104 Å². The van der Waals surface area contributed by atoms with Gasteiger partial charge in [-0.25, -0.2) is 0 Å². The molecule has 0 amide bonds. The average molecular weight is 246 g/mol. The minimum atomic E-state index is -0.0616. The standard InChI is InChI=1S/C13H14N2O3/c1-18-13-6-9(3-5-12(13)17)2-4-10-7-11(8-16)15-14-10/h2-7,16-17H,8H2,1H3,(H,14,15). The lowest BCUT2D eigenvalue weighted by Crippen LogP contribution is -1.84. The Morgan fingerprint density at radius 2 is 2.17 bits per heavy atom. The van der Waals surface area contributed by atoms with Crippen LogP contribution in [-0.2, 0) is 6.61 Å². The summed E-state index contributed by atoms with van der Waals surface area (Å²) in [5, 5.41) is 25.1. The van der Waals surface area contributed by atoms with Crippen LogP contribution in [0.3, 0.4) is 0 Å². The van der Waals surface area contributed by atoms with Crippen LogP contribution in [0.2, 0.25) is 0 Å². The molecule has 0 aliphatic heterocycles. The molecule has 0 aliphatic rings. The molecule has 1 aromatic heterocycles. The van der Waals surface area contributed by atoms with Gasteiger partial charge in [0.25, 0.3) is 0 Å². The Morgan fingerprint density at radius 1 is 1.33 bits per heavy atom. The predicted octanol–water partition coefficient (Wildman–Crippen LogP) is 1.79. The fraction of sp³-hybridized carbons (Fsp3) is 0.154. The molecule has 3 N–H and O–H groups in total. The molecular weight excluding hydrogens is 232 g/mol. The number of rotatable bonds is 4. The van der Waals surface area contributed by atoms with Crippen LogP contribution in [0.25, 0.3) is 12.2 Å². The zero-order chi connectivity index (χ0) is 13.0. The second-order valence-corrected chi connectivity index (χ2v) is 3.74. The summed E-state index contributed by atoms with van der Waals surface area (Å²) in [5.74, 6) is 0.534. The summed E-state index contributed by atoms with van der Waals surface area (Å²) in [6.45, 7) is -0.0616. The summed E-state index contributed by atoms with van der Waals surface area (Å²) in [4.78, 5) is 0. The van der Waals surface area contributed by atoms with Crippen molar-refractivity contribution >= 4 is 12.2 Å². The van der Waals surface area contributed by atoms with Crippen molar-refractivity contribution in [1.82, 2.24) is 10.2 Å². The molecule has 1 heterocycles. The highest BCUT2D eigenvalue weighted by molar-refractivity contribution is 5.69. The normalized spacial score (nSPS) is 11.0. The van der Waals surface area contributed by atoms with Crippen molar-refractivity contribution < 1.29 is 14.9 Å². The molecule has 18 heavy (non-hydrogen) atoms. The molecule has 0 saturated carbocycles. The van der Waals surface area contributed by atoms with Crippen molar-refractivity contribution in [3.63, 3.8) is 0 Å². The van der Waals surface area contributed by atoms with Crippen molar-refractivity contribution in [3.05, 3.63) is 41.2 Å². The Hall–Kier alpha value is -2.27. The maximum Gasteiger partial charge on any atom is 0.161 e. The number of aliphatic hydroxyl groups excluding tert-OH is 1. The first kappa shape index (κ1) is 12.2. The lowest BCUT2D eigenvalue weighted by molar-refractivity contribution is 0.276. The SMILES string of the molecule is COc1cc(C=Cc2cc(CO)[nH]n2)ccc1O. The summed E-state index contributed by atoms with van der Waals surface area (Å²) in [6.07, 6.45) is 3.65. The molecule has 1 aromatic carbocycles. The second-order valence-electron chi connectivity index (χ2n) is 3.74. The number of aromatic hydroxyl groups is 1. The minimum absolute atomic E-state index is 0.0616. The van der Waals surface area contributed by atoms with Crippen LogP contribution in [0, 0.1) is 0 Å². The number of nitrogens with zero attached hydrogens (tertiary/aromatic N) is 1. The number of hydrogen-bond acceptors (Lipinski definition) is 4. The van der Waals surface area contributed by atoms with Crippen molar-refractivity contribution in [2.24, 2.45) is 0 Å². The highest BCUT2D eigenvalue weighted by Gasteiger charge is 2.01. The molecule has 94 valence electrons. The van der Waals surface area contributed by atoms with Gasteiger partial charge in [-0.15, -0.1) is 0 Å². The predicted molar refractivity (Wildman–Crippen MR) is 68.1 cm³/mol. The van der Waals surface area contributed by atoms with E-state index < -0.39 is 0 Å². The van der Waals surface area contributed by atoms with Crippen LogP contribution < -0.4 is 4.74 Å². The molecule has 5 nitrogen and oxygen atoms in total. The largest absolute Gasteiger partial charge is 0.504 e. The number of benzene rings is 1. The number of aliphatic hydroxyl groups is 1. The van der Waals surface area contributed by atoms with Gasteiger partial charge in [-0.3, -0.25) is 5.10 Å². The first-order valence-electron chi connectivity index (χ1n) is 5.43. The zero-order valence-electron chi connectivity index (χ0n) is 9.92. The number of aromatic amines is 1. The number of H-pyrrole nitrogens is 1. The number of ether oxygens (including phenoxy) is 1. The molecule has 0 aliphatic carbocycles. The quantitative estimate of drug-likeness (QED) is 0.768. The Bertz CT molecular complexity index is 561. The summed E-state index contributed by atoms with van der Waals surface area (Å²) in [6, 6.07) is 6.83. The summed E-state index contributed by atoms with van der Waals surface area (Å²) < 4.78 is 5.02. The van der Waals surface area contributed by atoms with Gasteiger partial charge in [-0.05, 0) is 29.8 Å². The molecular formula is C13H14N2O3. The minimum Gasteiger partial charge on any atom is -0.504 e. The molecule has 5 heteroatoms. The molecule has 0 bridgehead atoms. The Kier molecular flexibility index (Phi) is 3.64. The van der Waals surface area contributed by atoms with E-state index in [0.717, 1.165) is 11.3 Å². The van der Waals surface area contributed by atoms with E-state index in [4.69, 9.17) is 9.84 Å². The first-order chi connectivity index (χ1) is 8.72. The highest BCUT2D eigenvalue weighted by Crippen LogP contribution is 2.26. The van der Waals surface area contributed by atoms with Gasteiger partial charge < -0.3 is 14.9 Å².